The Morgan fingerprint density at radius 3 is 2.44 bits per heavy atom. The first-order valence-electron chi connectivity index (χ1n) is 8.38. The Morgan fingerprint density at radius 1 is 1.26 bits per heavy atom. The van der Waals surface area contributed by atoms with Crippen LogP contribution in [0.15, 0.2) is 60.5 Å². The van der Waals surface area contributed by atoms with Crippen molar-refractivity contribution < 1.29 is 19.8 Å². The second-order valence-corrected chi connectivity index (χ2v) is 6.71. The van der Waals surface area contributed by atoms with Gasteiger partial charge in [-0.15, -0.1) is 0 Å². The summed E-state index contributed by atoms with van der Waals surface area (Å²) in [5.41, 5.74) is 7.84. The molecule has 142 valence electrons. The van der Waals surface area contributed by atoms with E-state index in [1.54, 1.807) is 6.20 Å². The summed E-state index contributed by atoms with van der Waals surface area (Å²) in [6.07, 6.45) is 7.93. The smallest absolute Gasteiger partial charge is 0.331 e. The molecule has 3 rings (SSSR count). The maximum atomic E-state index is 10.8. The normalized spacial score (nSPS) is 18.2. The van der Waals surface area contributed by atoms with E-state index in [-0.39, 0.29) is 12.0 Å². The summed E-state index contributed by atoms with van der Waals surface area (Å²) in [6, 6.07) is 8.41. The molecule has 1 aliphatic rings. The van der Waals surface area contributed by atoms with Gasteiger partial charge in [-0.1, -0.05) is 48.1 Å². The van der Waals surface area contributed by atoms with Gasteiger partial charge in [-0.05, 0) is 25.8 Å². The van der Waals surface area contributed by atoms with Crippen molar-refractivity contribution in [2.45, 2.75) is 26.8 Å². The largest absolute Gasteiger partial charge is 0.481 e. The van der Waals surface area contributed by atoms with Crippen molar-refractivity contribution in [1.29, 1.82) is 0 Å². The first-order chi connectivity index (χ1) is 12.7. The van der Waals surface area contributed by atoms with Gasteiger partial charge in [0, 0.05) is 11.8 Å². The molecule has 0 fully saturated rings. The van der Waals surface area contributed by atoms with E-state index in [1.807, 2.05) is 10.9 Å². The highest BCUT2D eigenvalue weighted by atomic mass is 16.4. The second-order valence-electron chi connectivity index (χ2n) is 6.71. The van der Waals surface area contributed by atoms with Crippen molar-refractivity contribution in [2.75, 3.05) is 5.73 Å². The van der Waals surface area contributed by atoms with Crippen LogP contribution in [0.25, 0.3) is 0 Å². The van der Waals surface area contributed by atoms with Gasteiger partial charge in [0.15, 0.2) is 0 Å². The fraction of sp³-hybridized carbons (Fsp3) is 0.250. The minimum absolute atomic E-state index is 0.0359. The summed E-state index contributed by atoms with van der Waals surface area (Å²) >= 11 is 0. The summed E-state index contributed by atoms with van der Waals surface area (Å²) < 4.78 is 1.83. The van der Waals surface area contributed by atoms with Crippen molar-refractivity contribution >= 4 is 17.6 Å². The van der Waals surface area contributed by atoms with Gasteiger partial charge in [0.1, 0.15) is 0 Å². The van der Waals surface area contributed by atoms with E-state index in [9.17, 15) is 9.59 Å². The molecule has 2 aromatic rings. The monoisotopic (exact) mass is 369 g/mol. The van der Waals surface area contributed by atoms with Crippen molar-refractivity contribution in [2.24, 2.45) is 5.41 Å². The number of carboxylic acid groups (broad SMARTS) is 2. The molecular weight excluding hydrogens is 346 g/mol. The number of carbonyl (C=O) groups is 2. The SMILES string of the molecule is CC1(C(=O)O)C=CC=C(C(=O)O)C1.Cc1ccc(Cn2cc(N)cn2)cc1. The molecule has 1 aromatic heterocycles. The first-order valence-corrected chi connectivity index (χ1v) is 8.38. The van der Waals surface area contributed by atoms with E-state index >= 15 is 0 Å². The van der Waals surface area contributed by atoms with E-state index in [2.05, 4.69) is 36.3 Å². The summed E-state index contributed by atoms with van der Waals surface area (Å²) in [6.45, 7) is 4.36. The number of aromatic nitrogens is 2. The van der Waals surface area contributed by atoms with Crippen LogP contribution in [0, 0.1) is 12.3 Å². The fourth-order valence-corrected chi connectivity index (χ4v) is 2.53. The average Bonchev–Trinajstić information content (AvgIpc) is 3.02. The molecule has 0 bridgehead atoms. The number of anilines is 1. The molecule has 0 saturated carbocycles. The second kappa shape index (κ2) is 8.35. The van der Waals surface area contributed by atoms with E-state index < -0.39 is 17.4 Å². The van der Waals surface area contributed by atoms with Gasteiger partial charge in [0.25, 0.3) is 0 Å². The summed E-state index contributed by atoms with van der Waals surface area (Å²) in [5.74, 6) is -2.06. The third-order valence-electron chi connectivity index (χ3n) is 4.20. The number of nitrogens with zero attached hydrogens (tertiary/aromatic N) is 2. The van der Waals surface area contributed by atoms with Crippen molar-refractivity contribution in [3.05, 3.63) is 71.6 Å². The highest BCUT2D eigenvalue weighted by molar-refractivity contribution is 5.90. The van der Waals surface area contributed by atoms with E-state index in [0.717, 1.165) is 6.54 Å². The zero-order valence-electron chi connectivity index (χ0n) is 15.3. The van der Waals surface area contributed by atoms with Crippen molar-refractivity contribution in [3.8, 4) is 0 Å². The van der Waals surface area contributed by atoms with Crippen molar-refractivity contribution in [1.82, 2.24) is 9.78 Å². The van der Waals surface area contributed by atoms with Crippen LogP contribution in [0.5, 0.6) is 0 Å². The minimum atomic E-state index is -1.08. The van der Waals surface area contributed by atoms with Gasteiger partial charge >= 0.3 is 11.9 Å². The topological polar surface area (TPSA) is 118 Å². The lowest BCUT2D eigenvalue weighted by molar-refractivity contribution is -0.145. The van der Waals surface area contributed by atoms with Crippen LogP contribution in [0.2, 0.25) is 0 Å². The van der Waals surface area contributed by atoms with Crippen LogP contribution in [-0.4, -0.2) is 31.9 Å². The Morgan fingerprint density at radius 2 is 1.93 bits per heavy atom. The molecular formula is C20H23N3O4. The lowest BCUT2D eigenvalue weighted by Crippen LogP contribution is -2.28. The molecule has 0 aliphatic heterocycles. The van der Waals surface area contributed by atoms with Gasteiger partial charge < -0.3 is 15.9 Å². The summed E-state index contributed by atoms with van der Waals surface area (Å²) in [7, 11) is 0. The molecule has 1 heterocycles. The zero-order valence-corrected chi connectivity index (χ0v) is 15.3. The van der Waals surface area contributed by atoms with Gasteiger partial charge in [-0.2, -0.15) is 5.10 Å². The van der Waals surface area contributed by atoms with Crippen LogP contribution in [-0.2, 0) is 16.1 Å². The number of aryl methyl sites for hydroxylation is 1. The molecule has 4 N–H and O–H groups in total. The Kier molecular flexibility index (Phi) is 6.18. The molecule has 1 unspecified atom stereocenters. The fourth-order valence-electron chi connectivity index (χ4n) is 2.53. The van der Waals surface area contributed by atoms with E-state index in [4.69, 9.17) is 15.9 Å². The predicted molar refractivity (Wildman–Crippen MR) is 102 cm³/mol. The minimum Gasteiger partial charge on any atom is -0.481 e. The number of hydrogen-bond acceptors (Lipinski definition) is 4. The number of nitrogens with two attached hydrogens (primary N) is 1. The Hall–Kier alpha value is -3.35. The lowest BCUT2D eigenvalue weighted by atomic mass is 9.80. The average molecular weight is 369 g/mol. The van der Waals surface area contributed by atoms with Crippen LogP contribution < -0.4 is 5.73 Å². The molecule has 0 spiro atoms. The third kappa shape index (κ3) is 5.57. The number of benzene rings is 1. The number of allylic oxidation sites excluding steroid dienone is 2. The van der Waals surface area contributed by atoms with Crippen LogP contribution >= 0.6 is 0 Å². The number of carboxylic acids is 2. The molecule has 7 nitrogen and oxygen atoms in total. The van der Waals surface area contributed by atoms with E-state index in [0.29, 0.717) is 5.69 Å². The van der Waals surface area contributed by atoms with Gasteiger partial charge in [0.2, 0.25) is 0 Å². The molecule has 1 atom stereocenters. The first kappa shape index (κ1) is 20.0. The molecule has 7 heteroatoms. The maximum absolute atomic E-state index is 10.8. The van der Waals surface area contributed by atoms with Gasteiger partial charge in [0.05, 0.1) is 23.8 Å². The van der Waals surface area contributed by atoms with Gasteiger partial charge in [-0.3, -0.25) is 9.48 Å². The summed E-state index contributed by atoms with van der Waals surface area (Å²) in [5, 5.41) is 21.6. The Balaban J connectivity index is 0.000000194. The van der Waals surface area contributed by atoms with Crippen LogP contribution in [0.4, 0.5) is 5.69 Å². The quantitative estimate of drug-likeness (QED) is 0.762. The zero-order chi connectivity index (χ0) is 20.0. The highest BCUT2D eigenvalue weighted by Crippen LogP contribution is 2.31. The molecule has 1 aromatic carbocycles. The summed E-state index contributed by atoms with van der Waals surface area (Å²) in [4.78, 5) is 21.3. The van der Waals surface area contributed by atoms with Crippen molar-refractivity contribution in [3.63, 3.8) is 0 Å². The molecule has 1 aliphatic carbocycles. The third-order valence-corrected chi connectivity index (χ3v) is 4.20. The van der Waals surface area contributed by atoms with Crippen LogP contribution in [0.1, 0.15) is 24.5 Å². The van der Waals surface area contributed by atoms with Crippen LogP contribution in [0.3, 0.4) is 0 Å². The number of hydrogen-bond donors (Lipinski definition) is 3. The number of aliphatic carboxylic acids is 2. The molecule has 0 saturated heterocycles. The Labute approximate surface area is 157 Å². The highest BCUT2D eigenvalue weighted by Gasteiger charge is 2.34. The predicted octanol–water partition coefficient (Wildman–Crippen LogP) is 2.87. The molecule has 0 amide bonds. The van der Waals surface area contributed by atoms with Gasteiger partial charge in [-0.25, -0.2) is 4.79 Å². The lowest BCUT2D eigenvalue weighted by Gasteiger charge is -2.23. The number of rotatable bonds is 4. The number of nitrogen functional groups attached to an aromatic ring is 1. The van der Waals surface area contributed by atoms with E-state index in [1.165, 1.54) is 36.3 Å². The Bertz CT molecular complexity index is 881. The maximum Gasteiger partial charge on any atom is 0.331 e. The molecule has 0 radical (unpaired) electrons. The molecule has 27 heavy (non-hydrogen) atoms. The standard InChI is InChI=1S/C11H13N3.C9H10O4/c1-9-2-4-10(5-3-9)7-14-8-11(12)6-13-14;1-9(8(12)13)4-2-3-6(5-9)7(10)11/h2-6,8H,7,12H2,1H3;2-4H,5H2,1H3,(H,10,11)(H,12,13).